The van der Waals surface area contributed by atoms with Crippen LogP contribution >= 0.6 is 0 Å². The van der Waals surface area contributed by atoms with Gasteiger partial charge in [0.25, 0.3) is 0 Å². The maximum absolute atomic E-state index is 12.5. The van der Waals surface area contributed by atoms with Gasteiger partial charge in [-0.1, -0.05) is 43.2 Å². The van der Waals surface area contributed by atoms with Crippen molar-refractivity contribution in [3.05, 3.63) is 35.9 Å². The molecule has 0 N–H and O–H groups in total. The summed E-state index contributed by atoms with van der Waals surface area (Å²) in [6.45, 7) is 2.40. The number of benzene rings is 1. The lowest BCUT2D eigenvalue weighted by atomic mass is 9.79. The fraction of sp³-hybridized carbons (Fsp3) is 0.650. The number of ketones is 1. The monoisotopic (exact) mass is 299 g/mol. The Morgan fingerprint density at radius 1 is 1.00 bits per heavy atom. The van der Waals surface area contributed by atoms with Crippen molar-refractivity contribution in [1.29, 1.82) is 0 Å². The molecule has 2 heteroatoms. The normalized spacial score (nSPS) is 25.1. The maximum Gasteiger partial charge on any atom is 0.137 e. The molecule has 0 radical (unpaired) electrons. The fourth-order valence-corrected chi connectivity index (χ4v) is 4.26. The first-order valence-corrected chi connectivity index (χ1v) is 9.15. The van der Waals surface area contributed by atoms with Crippen molar-refractivity contribution in [1.82, 2.24) is 4.90 Å². The van der Waals surface area contributed by atoms with E-state index in [-0.39, 0.29) is 0 Å². The van der Waals surface area contributed by atoms with Crippen LogP contribution in [-0.4, -0.2) is 29.8 Å². The number of aryl methyl sites for hydroxylation is 1. The Balaban J connectivity index is 1.68. The molecule has 1 aliphatic heterocycles. The number of carbonyl (C=O) groups excluding carboxylic acids is 1. The molecule has 1 aliphatic carbocycles. The highest BCUT2D eigenvalue weighted by Crippen LogP contribution is 2.30. The van der Waals surface area contributed by atoms with Crippen LogP contribution in [0.1, 0.15) is 56.9 Å². The summed E-state index contributed by atoms with van der Waals surface area (Å²) in [5.41, 5.74) is 1.41. The Hall–Kier alpha value is -1.15. The molecule has 2 aliphatic rings. The summed E-state index contributed by atoms with van der Waals surface area (Å²) in [6, 6.07) is 11.2. The molecule has 1 heterocycles. The molecule has 3 rings (SSSR count). The summed E-state index contributed by atoms with van der Waals surface area (Å²) >= 11 is 0. The quantitative estimate of drug-likeness (QED) is 0.811. The SMILES string of the molecule is O=C1CCCCC1C(CCc1ccccc1)N1CCCCC1. The molecule has 1 saturated heterocycles. The first-order chi connectivity index (χ1) is 10.8. The van der Waals surface area contributed by atoms with E-state index in [0.717, 1.165) is 32.1 Å². The molecule has 2 unspecified atom stereocenters. The largest absolute Gasteiger partial charge is 0.300 e. The lowest BCUT2D eigenvalue weighted by Crippen LogP contribution is -2.47. The minimum atomic E-state index is 0.301. The van der Waals surface area contributed by atoms with E-state index in [1.165, 1.54) is 44.3 Å². The number of rotatable bonds is 5. The first kappa shape index (κ1) is 15.7. The molecule has 1 aromatic rings. The lowest BCUT2D eigenvalue weighted by Gasteiger charge is -2.40. The minimum absolute atomic E-state index is 0.301. The van der Waals surface area contributed by atoms with Gasteiger partial charge in [-0.3, -0.25) is 9.69 Å². The molecule has 0 bridgehead atoms. The summed E-state index contributed by atoms with van der Waals surface area (Å²) in [6.07, 6.45) is 10.5. The Kier molecular flexibility index (Phi) is 5.66. The molecular formula is C20H29NO. The zero-order chi connectivity index (χ0) is 15.2. The van der Waals surface area contributed by atoms with E-state index in [1.54, 1.807) is 0 Å². The van der Waals surface area contributed by atoms with E-state index >= 15 is 0 Å². The number of Topliss-reactive ketones (excluding diaryl/α,β-unsaturated/α-hetero) is 1. The third kappa shape index (κ3) is 3.98. The van der Waals surface area contributed by atoms with E-state index in [0.29, 0.717) is 17.7 Å². The average molecular weight is 299 g/mol. The standard InChI is InChI=1S/C20H29NO/c22-20-12-6-5-11-18(20)19(21-15-7-2-8-16-21)14-13-17-9-3-1-4-10-17/h1,3-4,9-10,18-19H,2,5-8,11-16H2. The highest BCUT2D eigenvalue weighted by Gasteiger charge is 2.34. The number of nitrogens with zero attached hydrogens (tertiary/aromatic N) is 1. The van der Waals surface area contributed by atoms with Gasteiger partial charge >= 0.3 is 0 Å². The Morgan fingerprint density at radius 3 is 2.50 bits per heavy atom. The molecule has 0 amide bonds. The second kappa shape index (κ2) is 7.92. The van der Waals surface area contributed by atoms with Gasteiger partial charge in [0, 0.05) is 18.4 Å². The van der Waals surface area contributed by atoms with Gasteiger partial charge in [0.1, 0.15) is 5.78 Å². The highest BCUT2D eigenvalue weighted by atomic mass is 16.1. The Labute approximate surface area is 134 Å². The van der Waals surface area contributed by atoms with Crippen LogP contribution in [0.25, 0.3) is 0 Å². The Morgan fingerprint density at radius 2 is 1.77 bits per heavy atom. The van der Waals surface area contributed by atoms with Crippen LogP contribution in [-0.2, 0) is 11.2 Å². The van der Waals surface area contributed by atoms with Crippen molar-refractivity contribution in [2.75, 3.05) is 13.1 Å². The molecule has 22 heavy (non-hydrogen) atoms. The summed E-state index contributed by atoms with van der Waals surface area (Å²) in [4.78, 5) is 15.1. The molecule has 2 nitrogen and oxygen atoms in total. The van der Waals surface area contributed by atoms with Gasteiger partial charge in [0.05, 0.1) is 0 Å². The van der Waals surface area contributed by atoms with E-state index in [9.17, 15) is 4.79 Å². The van der Waals surface area contributed by atoms with E-state index in [4.69, 9.17) is 0 Å². The summed E-state index contributed by atoms with van der Waals surface area (Å²) in [7, 11) is 0. The summed E-state index contributed by atoms with van der Waals surface area (Å²) in [5, 5.41) is 0. The van der Waals surface area contributed by atoms with E-state index in [2.05, 4.69) is 35.2 Å². The molecule has 1 saturated carbocycles. The van der Waals surface area contributed by atoms with Crippen LogP contribution in [0, 0.1) is 5.92 Å². The molecule has 0 spiro atoms. The van der Waals surface area contributed by atoms with E-state index < -0.39 is 0 Å². The third-order valence-corrected chi connectivity index (χ3v) is 5.50. The zero-order valence-corrected chi connectivity index (χ0v) is 13.7. The number of hydrogen-bond acceptors (Lipinski definition) is 2. The average Bonchev–Trinajstić information content (AvgIpc) is 2.58. The van der Waals surface area contributed by atoms with Crippen LogP contribution in [0.2, 0.25) is 0 Å². The Bertz CT molecular complexity index is 464. The van der Waals surface area contributed by atoms with Gasteiger partial charge in [-0.05, 0) is 57.2 Å². The maximum atomic E-state index is 12.5. The van der Waals surface area contributed by atoms with Gasteiger partial charge < -0.3 is 0 Å². The van der Waals surface area contributed by atoms with Crippen LogP contribution in [0.5, 0.6) is 0 Å². The smallest absolute Gasteiger partial charge is 0.137 e. The van der Waals surface area contributed by atoms with Crippen LogP contribution in [0.3, 0.4) is 0 Å². The second-order valence-corrected chi connectivity index (χ2v) is 7.01. The van der Waals surface area contributed by atoms with Crippen molar-refractivity contribution < 1.29 is 4.79 Å². The van der Waals surface area contributed by atoms with Gasteiger partial charge in [0.15, 0.2) is 0 Å². The predicted molar refractivity (Wildman–Crippen MR) is 90.9 cm³/mol. The van der Waals surface area contributed by atoms with Crippen molar-refractivity contribution in [3.8, 4) is 0 Å². The molecule has 2 atom stereocenters. The predicted octanol–water partition coefficient (Wildman–Crippen LogP) is 4.23. The van der Waals surface area contributed by atoms with Crippen LogP contribution in [0.4, 0.5) is 0 Å². The number of hydrogen-bond donors (Lipinski definition) is 0. The van der Waals surface area contributed by atoms with Gasteiger partial charge in [-0.15, -0.1) is 0 Å². The summed E-state index contributed by atoms with van der Waals surface area (Å²) in [5.74, 6) is 0.838. The number of likely N-dealkylation sites (tertiary alicyclic amines) is 1. The third-order valence-electron chi connectivity index (χ3n) is 5.50. The van der Waals surface area contributed by atoms with Gasteiger partial charge in [-0.25, -0.2) is 0 Å². The van der Waals surface area contributed by atoms with Crippen molar-refractivity contribution in [2.24, 2.45) is 5.92 Å². The molecule has 2 fully saturated rings. The van der Waals surface area contributed by atoms with Crippen molar-refractivity contribution in [2.45, 2.75) is 63.8 Å². The second-order valence-electron chi connectivity index (χ2n) is 7.01. The lowest BCUT2D eigenvalue weighted by molar-refractivity contribution is -0.127. The molecular weight excluding hydrogens is 270 g/mol. The van der Waals surface area contributed by atoms with Crippen LogP contribution < -0.4 is 0 Å². The molecule has 120 valence electrons. The minimum Gasteiger partial charge on any atom is -0.300 e. The number of carbonyl (C=O) groups is 1. The number of piperidine rings is 1. The fourth-order valence-electron chi connectivity index (χ4n) is 4.26. The topological polar surface area (TPSA) is 20.3 Å². The van der Waals surface area contributed by atoms with Crippen molar-refractivity contribution >= 4 is 5.78 Å². The zero-order valence-electron chi connectivity index (χ0n) is 13.7. The van der Waals surface area contributed by atoms with Gasteiger partial charge in [-0.2, -0.15) is 0 Å². The molecule has 0 aromatic heterocycles. The van der Waals surface area contributed by atoms with Crippen LogP contribution in [0.15, 0.2) is 30.3 Å². The van der Waals surface area contributed by atoms with Crippen molar-refractivity contribution in [3.63, 3.8) is 0 Å². The highest BCUT2D eigenvalue weighted by molar-refractivity contribution is 5.82. The first-order valence-electron chi connectivity index (χ1n) is 9.15. The van der Waals surface area contributed by atoms with E-state index in [1.807, 2.05) is 0 Å². The summed E-state index contributed by atoms with van der Waals surface area (Å²) < 4.78 is 0. The van der Waals surface area contributed by atoms with Gasteiger partial charge in [0.2, 0.25) is 0 Å². The molecule has 1 aromatic carbocycles.